The van der Waals surface area contributed by atoms with Crippen LogP contribution in [0.1, 0.15) is 12.8 Å². The van der Waals surface area contributed by atoms with Crippen LogP contribution in [0.2, 0.25) is 0 Å². The Balaban J connectivity index is 2.23. The molecule has 2 nitrogen and oxygen atoms in total. The summed E-state index contributed by atoms with van der Waals surface area (Å²) in [6.45, 7) is 1.54. The van der Waals surface area contributed by atoms with E-state index < -0.39 is 0 Å². The average molecular weight is 136 g/mol. The van der Waals surface area contributed by atoms with Crippen LogP contribution in [0.3, 0.4) is 0 Å². The predicted molar refractivity (Wildman–Crippen MR) is 32.7 cm³/mol. The number of hydrogen-bond donors (Lipinski definition) is 1. The summed E-state index contributed by atoms with van der Waals surface area (Å²) in [4.78, 5) is 0. The molecular weight excluding hydrogens is 126 g/mol. The molecule has 1 heterocycles. The van der Waals surface area contributed by atoms with E-state index in [1.807, 2.05) is 0 Å². The van der Waals surface area contributed by atoms with Gasteiger partial charge in [0.1, 0.15) is 0 Å². The van der Waals surface area contributed by atoms with Gasteiger partial charge in [-0.1, -0.05) is 0 Å². The number of β-amino-alcohol motifs (C(OH)–C–C–N with tert-alkyl or cyclic N) is 1. The molecule has 0 radical (unpaired) electrons. The summed E-state index contributed by atoms with van der Waals surface area (Å²) in [6.07, 6.45) is 1.73. The number of nitrogens with zero attached hydrogens (tertiary/aromatic N) is 1. The van der Waals surface area contributed by atoms with Crippen LogP contribution in [0, 0.1) is 0 Å². The molecule has 0 aromatic heterocycles. The fourth-order valence-electron chi connectivity index (χ4n) is 0.910. The fourth-order valence-corrected chi connectivity index (χ4v) is 1.19. The van der Waals surface area contributed by atoms with Gasteiger partial charge >= 0.3 is 0 Å². The van der Waals surface area contributed by atoms with Crippen molar-refractivity contribution in [2.24, 2.45) is 0 Å². The molecule has 0 unspecified atom stereocenters. The van der Waals surface area contributed by atoms with Gasteiger partial charge in [-0.25, -0.2) is 4.42 Å². The van der Waals surface area contributed by atoms with Crippen LogP contribution < -0.4 is 0 Å². The molecule has 1 rings (SSSR count). The quantitative estimate of drug-likeness (QED) is 0.492. The van der Waals surface area contributed by atoms with E-state index in [9.17, 15) is 0 Å². The highest BCUT2D eigenvalue weighted by Gasteiger charge is 2.14. The molecule has 1 fully saturated rings. The predicted octanol–water partition coefficient (Wildman–Crippen LogP) is 0.597. The van der Waals surface area contributed by atoms with E-state index in [2.05, 4.69) is 0 Å². The van der Waals surface area contributed by atoms with Crippen molar-refractivity contribution in [1.29, 1.82) is 0 Å². The van der Waals surface area contributed by atoms with E-state index in [0.29, 0.717) is 6.54 Å². The minimum atomic E-state index is -0.193. The summed E-state index contributed by atoms with van der Waals surface area (Å²) in [5, 5.41) is 8.95. The van der Waals surface area contributed by atoms with Gasteiger partial charge in [-0.2, -0.15) is 0 Å². The van der Waals surface area contributed by atoms with E-state index in [4.69, 9.17) is 16.9 Å². The van der Waals surface area contributed by atoms with Crippen LogP contribution in [0.4, 0.5) is 0 Å². The Morgan fingerprint density at radius 1 is 1.62 bits per heavy atom. The first-order valence-electron chi connectivity index (χ1n) is 2.88. The average Bonchev–Trinajstić information content (AvgIpc) is 1.64. The largest absolute Gasteiger partial charge is 0.392 e. The van der Waals surface area contributed by atoms with Crippen LogP contribution in [-0.4, -0.2) is 28.7 Å². The van der Waals surface area contributed by atoms with Gasteiger partial charge in [0.15, 0.2) is 0 Å². The van der Waals surface area contributed by atoms with Gasteiger partial charge in [0.2, 0.25) is 0 Å². The molecule has 1 aliphatic rings. The molecule has 1 saturated heterocycles. The second-order valence-electron chi connectivity index (χ2n) is 2.16. The van der Waals surface area contributed by atoms with Gasteiger partial charge in [0.25, 0.3) is 0 Å². The minimum absolute atomic E-state index is 0.193. The zero-order valence-corrected chi connectivity index (χ0v) is 5.43. The lowest BCUT2D eigenvalue weighted by molar-refractivity contribution is 0.109. The van der Waals surface area contributed by atoms with Crippen LogP contribution in [-0.2, 0) is 0 Å². The fraction of sp³-hybridized carbons (Fsp3) is 1.00. The Morgan fingerprint density at radius 2 is 2.38 bits per heavy atom. The Morgan fingerprint density at radius 3 is 2.75 bits per heavy atom. The molecule has 0 aromatic carbocycles. The van der Waals surface area contributed by atoms with Crippen molar-refractivity contribution >= 4 is 11.8 Å². The number of hydrogen-bond acceptors (Lipinski definition) is 2. The summed E-state index contributed by atoms with van der Waals surface area (Å²) in [7, 11) is 0. The van der Waals surface area contributed by atoms with Crippen molar-refractivity contribution in [2.75, 3.05) is 13.1 Å². The van der Waals surface area contributed by atoms with Crippen LogP contribution in [0.15, 0.2) is 0 Å². The topological polar surface area (TPSA) is 23.5 Å². The maximum atomic E-state index is 8.95. The molecule has 3 heteroatoms. The van der Waals surface area contributed by atoms with Gasteiger partial charge in [-0.15, -0.1) is 0 Å². The first-order chi connectivity index (χ1) is 3.79. The summed E-state index contributed by atoms with van der Waals surface area (Å²) < 4.78 is 1.63. The van der Waals surface area contributed by atoms with Crippen molar-refractivity contribution < 1.29 is 5.11 Å². The first-order valence-corrected chi connectivity index (χ1v) is 3.21. The molecule has 1 atom stereocenters. The summed E-state index contributed by atoms with van der Waals surface area (Å²) in [6, 6.07) is 0. The smallest absolute Gasteiger partial charge is 0.0680 e. The molecular formula is C5H10ClNO. The van der Waals surface area contributed by atoms with Gasteiger partial charge in [-0.3, -0.25) is 0 Å². The SMILES string of the molecule is O[C@H]1CCCN(Cl)C1. The van der Waals surface area contributed by atoms with Crippen molar-refractivity contribution in [2.45, 2.75) is 18.9 Å². The number of piperidine rings is 1. The lowest BCUT2D eigenvalue weighted by Crippen LogP contribution is -2.31. The third-order valence-corrected chi connectivity index (χ3v) is 1.65. The second kappa shape index (κ2) is 2.67. The summed E-state index contributed by atoms with van der Waals surface area (Å²) >= 11 is 5.58. The highest BCUT2D eigenvalue weighted by Crippen LogP contribution is 2.10. The van der Waals surface area contributed by atoms with E-state index in [0.717, 1.165) is 19.4 Å². The monoisotopic (exact) mass is 135 g/mol. The molecule has 0 saturated carbocycles. The number of aliphatic hydroxyl groups excluding tert-OH is 1. The maximum Gasteiger partial charge on any atom is 0.0680 e. The molecule has 0 amide bonds. The molecule has 0 aromatic rings. The van der Waals surface area contributed by atoms with E-state index in [1.165, 1.54) is 0 Å². The lowest BCUT2D eigenvalue weighted by atomic mass is 10.1. The molecule has 1 N–H and O–H groups in total. The molecule has 8 heavy (non-hydrogen) atoms. The van der Waals surface area contributed by atoms with E-state index in [1.54, 1.807) is 4.42 Å². The Labute approximate surface area is 54.2 Å². The van der Waals surface area contributed by atoms with Gasteiger partial charge < -0.3 is 5.11 Å². The van der Waals surface area contributed by atoms with Gasteiger partial charge in [0.05, 0.1) is 6.10 Å². The van der Waals surface area contributed by atoms with Crippen LogP contribution in [0.25, 0.3) is 0 Å². The Hall–Kier alpha value is 0.210. The van der Waals surface area contributed by atoms with Crippen molar-refractivity contribution in [3.63, 3.8) is 0 Å². The van der Waals surface area contributed by atoms with Crippen molar-refractivity contribution in [1.82, 2.24) is 4.42 Å². The number of aliphatic hydroxyl groups is 1. The van der Waals surface area contributed by atoms with Crippen LogP contribution in [0.5, 0.6) is 0 Å². The molecule has 0 spiro atoms. The number of halogens is 1. The Kier molecular flexibility index (Phi) is 2.11. The lowest BCUT2D eigenvalue weighted by Gasteiger charge is -2.23. The third kappa shape index (κ3) is 1.62. The van der Waals surface area contributed by atoms with Crippen LogP contribution >= 0.6 is 11.8 Å². The standard InChI is InChI=1S/C5H10ClNO/c6-7-3-1-2-5(8)4-7/h5,8H,1-4H2/t5-/m0/s1. The molecule has 0 bridgehead atoms. The normalized spacial score (nSPS) is 33.0. The zero-order chi connectivity index (χ0) is 5.98. The van der Waals surface area contributed by atoms with Gasteiger partial charge in [0, 0.05) is 13.1 Å². The maximum absolute atomic E-state index is 8.95. The second-order valence-corrected chi connectivity index (χ2v) is 2.64. The van der Waals surface area contributed by atoms with E-state index >= 15 is 0 Å². The molecule has 1 aliphatic heterocycles. The highest BCUT2D eigenvalue weighted by atomic mass is 35.5. The highest BCUT2D eigenvalue weighted by molar-refractivity contribution is 6.13. The first kappa shape index (κ1) is 6.33. The minimum Gasteiger partial charge on any atom is -0.392 e. The number of rotatable bonds is 0. The van der Waals surface area contributed by atoms with E-state index in [-0.39, 0.29) is 6.10 Å². The molecule has 0 aliphatic carbocycles. The summed E-state index contributed by atoms with van der Waals surface area (Å²) in [5.41, 5.74) is 0. The molecule has 48 valence electrons. The third-order valence-electron chi connectivity index (χ3n) is 1.35. The van der Waals surface area contributed by atoms with Crippen molar-refractivity contribution in [3.05, 3.63) is 0 Å². The summed E-state index contributed by atoms with van der Waals surface area (Å²) in [5.74, 6) is 0. The van der Waals surface area contributed by atoms with Crippen molar-refractivity contribution in [3.8, 4) is 0 Å². The zero-order valence-electron chi connectivity index (χ0n) is 4.68. The van der Waals surface area contributed by atoms with Gasteiger partial charge in [-0.05, 0) is 24.6 Å². The Bertz CT molecular complexity index is 70.8.